The highest BCUT2D eigenvalue weighted by Crippen LogP contribution is 2.48. The van der Waals surface area contributed by atoms with Crippen LogP contribution in [-0.2, 0) is 5.41 Å². The van der Waals surface area contributed by atoms with E-state index in [0.717, 1.165) is 0 Å². The van der Waals surface area contributed by atoms with Crippen LogP contribution in [0.25, 0.3) is 9.81 Å². The Kier molecular flexibility index (Phi) is 4.33. The average molecular weight is 340 g/mol. The maximum Gasteiger partial charge on any atom is 0.0311 e. The fourth-order valence-electron chi connectivity index (χ4n) is 3.22. The van der Waals surface area contributed by atoms with Gasteiger partial charge in [0.1, 0.15) is 0 Å². The quantitative estimate of drug-likeness (QED) is 0.507. The van der Waals surface area contributed by atoms with Gasteiger partial charge in [0.15, 0.2) is 0 Å². The molecule has 0 fully saturated rings. The first-order valence-electron chi connectivity index (χ1n) is 8.54. The van der Waals surface area contributed by atoms with E-state index < -0.39 is 0 Å². The summed E-state index contributed by atoms with van der Waals surface area (Å²) < 4.78 is 0. The zero-order chi connectivity index (χ0) is 17.1. The molecule has 0 nitrogen and oxygen atoms in total. The van der Waals surface area contributed by atoms with Gasteiger partial charge in [-0.05, 0) is 23.6 Å². The van der Waals surface area contributed by atoms with Crippen LogP contribution in [-0.4, -0.2) is 0 Å². The van der Waals surface area contributed by atoms with Crippen LogP contribution in [0.4, 0.5) is 0 Å². The van der Waals surface area contributed by atoms with E-state index in [0.29, 0.717) is 0 Å². The lowest BCUT2D eigenvalue weighted by molar-refractivity contribution is 0.763. The van der Waals surface area contributed by atoms with Crippen molar-refractivity contribution in [3.8, 4) is 0 Å². The van der Waals surface area contributed by atoms with Crippen molar-refractivity contribution in [2.24, 2.45) is 0 Å². The van der Waals surface area contributed by atoms with Gasteiger partial charge in [0.25, 0.3) is 0 Å². The molecule has 0 saturated heterocycles. The van der Waals surface area contributed by atoms with Crippen molar-refractivity contribution in [3.05, 3.63) is 120 Å². The average Bonchev–Trinajstić information content (AvgIpc) is 2.70. The van der Waals surface area contributed by atoms with Gasteiger partial charge in [-0.1, -0.05) is 115 Å². The van der Waals surface area contributed by atoms with Gasteiger partial charge in [0.2, 0.25) is 0 Å². The molecule has 122 valence electrons. The molecule has 0 aromatic heterocycles. The first-order chi connectivity index (χ1) is 12.2. The van der Waals surface area contributed by atoms with Gasteiger partial charge >= 0.3 is 0 Å². The second-order valence-electron chi connectivity index (χ2n) is 6.50. The minimum Gasteiger partial charge on any atom is -0.0894 e. The standard InChI is InChI=1S/C24H20S/c1-24(21-15-9-4-10-16-21)17-22(19-11-5-2-6-12-19)25-23(18-24)20-13-7-3-8-14-20/h2-18H,1H3. The largest absolute Gasteiger partial charge is 0.0894 e. The van der Waals surface area contributed by atoms with Crippen LogP contribution in [0.15, 0.2) is 103 Å². The van der Waals surface area contributed by atoms with E-state index >= 15 is 0 Å². The van der Waals surface area contributed by atoms with Crippen molar-refractivity contribution < 1.29 is 0 Å². The lowest BCUT2D eigenvalue weighted by Crippen LogP contribution is -2.18. The van der Waals surface area contributed by atoms with Crippen LogP contribution in [0.3, 0.4) is 0 Å². The third-order valence-corrected chi connectivity index (χ3v) is 5.74. The highest BCUT2D eigenvalue weighted by Gasteiger charge is 2.28. The van der Waals surface area contributed by atoms with Crippen molar-refractivity contribution in [2.45, 2.75) is 12.3 Å². The molecule has 0 radical (unpaired) electrons. The molecule has 0 bridgehead atoms. The second-order valence-corrected chi connectivity index (χ2v) is 7.58. The second kappa shape index (κ2) is 6.78. The molecule has 1 heteroatoms. The predicted octanol–water partition coefficient (Wildman–Crippen LogP) is 6.77. The lowest BCUT2D eigenvalue weighted by Gasteiger charge is -2.30. The summed E-state index contributed by atoms with van der Waals surface area (Å²) in [7, 11) is 0. The summed E-state index contributed by atoms with van der Waals surface area (Å²) >= 11 is 1.86. The Morgan fingerprint density at radius 2 is 0.960 bits per heavy atom. The molecule has 1 aliphatic heterocycles. The fraction of sp³-hybridized carbons (Fsp3) is 0.0833. The molecule has 0 N–H and O–H groups in total. The summed E-state index contributed by atoms with van der Waals surface area (Å²) in [6.45, 7) is 2.30. The van der Waals surface area contributed by atoms with Crippen molar-refractivity contribution in [1.82, 2.24) is 0 Å². The van der Waals surface area contributed by atoms with Crippen LogP contribution in [0, 0.1) is 0 Å². The number of benzene rings is 3. The highest BCUT2D eigenvalue weighted by molar-refractivity contribution is 8.16. The maximum atomic E-state index is 2.40. The van der Waals surface area contributed by atoms with E-state index in [4.69, 9.17) is 0 Å². The normalized spacial score (nSPS) is 16.0. The number of rotatable bonds is 3. The van der Waals surface area contributed by atoms with E-state index in [1.54, 1.807) is 0 Å². The number of allylic oxidation sites excluding steroid dienone is 2. The summed E-state index contributed by atoms with van der Waals surface area (Å²) in [4.78, 5) is 2.63. The molecule has 0 aliphatic carbocycles. The van der Waals surface area contributed by atoms with Crippen LogP contribution in [0.2, 0.25) is 0 Å². The first-order valence-corrected chi connectivity index (χ1v) is 9.36. The zero-order valence-electron chi connectivity index (χ0n) is 14.2. The molecule has 25 heavy (non-hydrogen) atoms. The fourth-order valence-corrected chi connectivity index (χ4v) is 4.57. The topological polar surface area (TPSA) is 0 Å². The molecule has 1 heterocycles. The Hall–Kier alpha value is -2.51. The SMILES string of the molecule is CC1(c2ccccc2)C=C(c2ccccc2)SC(c2ccccc2)=C1. The minimum absolute atomic E-state index is 0.122. The van der Waals surface area contributed by atoms with Gasteiger partial charge in [-0.2, -0.15) is 0 Å². The summed E-state index contributed by atoms with van der Waals surface area (Å²) in [6, 6.07) is 32.1. The van der Waals surface area contributed by atoms with E-state index in [-0.39, 0.29) is 5.41 Å². The van der Waals surface area contributed by atoms with E-state index in [2.05, 4.69) is 110 Å². The molecule has 0 amide bonds. The van der Waals surface area contributed by atoms with Crippen LogP contribution in [0.1, 0.15) is 23.6 Å². The van der Waals surface area contributed by atoms with E-state index in [9.17, 15) is 0 Å². The van der Waals surface area contributed by atoms with E-state index in [1.165, 1.54) is 26.5 Å². The van der Waals surface area contributed by atoms with Crippen LogP contribution >= 0.6 is 11.8 Å². The zero-order valence-corrected chi connectivity index (χ0v) is 15.0. The molecule has 0 saturated carbocycles. The van der Waals surface area contributed by atoms with Gasteiger partial charge in [-0.3, -0.25) is 0 Å². The molecule has 3 aromatic carbocycles. The number of hydrogen-bond donors (Lipinski definition) is 0. The first kappa shape index (κ1) is 16.0. The molecule has 1 aliphatic rings. The van der Waals surface area contributed by atoms with Crippen LogP contribution < -0.4 is 0 Å². The summed E-state index contributed by atoms with van der Waals surface area (Å²) in [5.41, 5.74) is 3.74. The Morgan fingerprint density at radius 3 is 1.40 bits per heavy atom. The molecule has 0 atom stereocenters. The van der Waals surface area contributed by atoms with Gasteiger partial charge in [-0.25, -0.2) is 0 Å². The van der Waals surface area contributed by atoms with Crippen molar-refractivity contribution in [3.63, 3.8) is 0 Å². The van der Waals surface area contributed by atoms with Crippen LogP contribution in [0.5, 0.6) is 0 Å². The maximum absolute atomic E-state index is 2.40. The monoisotopic (exact) mass is 340 g/mol. The minimum atomic E-state index is -0.122. The molecule has 0 unspecified atom stereocenters. The Balaban J connectivity index is 1.85. The third-order valence-electron chi connectivity index (χ3n) is 4.59. The van der Waals surface area contributed by atoms with Crippen molar-refractivity contribution >= 4 is 21.6 Å². The van der Waals surface area contributed by atoms with Crippen molar-refractivity contribution in [1.29, 1.82) is 0 Å². The summed E-state index contributed by atoms with van der Waals surface area (Å²) in [5, 5.41) is 0. The molecular weight excluding hydrogens is 320 g/mol. The third kappa shape index (κ3) is 3.33. The van der Waals surface area contributed by atoms with Gasteiger partial charge in [0.05, 0.1) is 0 Å². The molecular formula is C24H20S. The smallest absolute Gasteiger partial charge is 0.0311 e. The Morgan fingerprint density at radius 1 is 0.560 bits per heavy atom. The van der Waals surface area contributed by atoms with Gasteiger partial charge in [-0.15, -0.1) is 0 Å². The Labute approximate surface area is 153 Å². The lowest BCUT2D eigenvalue weighted by atomic mass is 9.80. The number of thioether (sulfide) groups is 1. The van der Waals surface area contributed by atoms with Gasteiger partial charge in [0, 0.05) is 15.2 Å². The predicted molar refractivity (Wildman–Crippen MR) is 110 cm³/mol. The van der Waals surface area contributed by atoms with E-state index in [1.807, 2.05) is 11.8 Å². The Bertz CT molecular complexity index is 851. The number of hydrogen-bond acceptors (Lipinski definition) is 1. The summed E-state index contributed by atoms with van der Waals surface area (Å²) in [6.07, 6.45) is 4.80. The molecule has 4 rings (SSSR count). The molecule has 3 aromatic rings. The summed E-state index contributed by atoms with van der Waals surface area (Å²) in [5.74, 6) is 0. The van der Waals surface area contributed by atoms with Gasteiger partial charge < -0.3 is 0 Å². The highest BCUT2D eigenvalue weighted by atomic mass is 32.2. The molecule has 0 spiro atoms. The van der Waals surface area contributed by atoms with Crippen molar-refractivity contribution in [2.75, 3.05) is 0 Å².